The van der Waals surface area contributed by atoms with Crippen LogP contribution in [0.1, 0.15) is 26.2 Å². The minimum Gasteiger partial charge on any atom is -0.493 e. The third-order valence-corrected chi connectivity index (χ3v) is 3.36. The molecule has 0 spiro atoms. The van der Waals surface area contributed by atoms with Crippen LogP contribution >= 0.6 is 0 Å². The molecule has 1 aromatic heterocycles. The van der Waals surface area contributed by atoms with Gasteiger partial charge in [-0.1, -0.05) is 19.0 Å². The maximum atomic E-state index is 11.6. The van der Waals surface area contributed by atoms with Gasteiger partial charge in [0, 0.05) is 24.9 Å². The number of hydrogen-bond donors (Lipinski definition) is 1. The van der Waals surface area contributed by atoms with Crippen LogP contribution in [0.2, 0.25) is 0 Å². The van der Waals surface area contributed by atoms with Crippen LogP contribution in [0, 0.1) is 5.92 Å². The molecule has 7 heteroatoms. The highest BCUT2D eigenvalue weighted by atomic mass is 16.5. The molecule has 24 heavy (non-hydrogen) atoms. The van der Waals surface area contributed by atoms with Crippen LogP contribution in [0.4, 0.5) is 0 Å². The first-order chi connectivity index (χ1) is 11.5. The number of nitrogens with zero attached hydrogens (tertiary/aromatic N) is 2. The molecule has 0 aliphatic heterocycles. The van der Waals surface area contributed by atoms with Crippen molar-refractivity contribution in [1.82, 2.24) is 15.5 Å². The summed E-state index contributed by atoms with van der Waals surface area (Å²) < 4.78 is 15.7. The second-order valence-corrected chi connectivity index (χ2v) is 5.78. The maximum Gasteiger partial charge on any atom is 0.228 e. The van der Waals surface area contributed by atoms with E-state index >= 15 is 0 Å². The summed E-state index contributed by atoms with van der Waals surface area (Å²) >= 11 is 0. The molecule has 0 aliphatic carbocycles. The quantitative estimate of drug-likeness (QED) is 0.798. The van der Waals surface area contributed by atoms with E-state index in [2.05, 4.69) is 15.5 Å². The lowest BCUT2D eigenvalue weighted by atomic mass is 10.1. The smallest absolute Gasteiger partial charge is 0.228 e. The number of carbonyl (C=O) groups excluding carboxylic acids is 1. The zero-order chi connectivity index (χ0) is 17.5. The van der Waals surface area contributed by atoms with Gasteiger partial charge in [0.05, 0.1) is 14.2 Å². The fourth-order valence-corrected chi connectivity index (χ4v) is 2.20. The lowest BCUT2D eigenvalue weighted by Gasteiger charge is -2.07. The summed E-state index contributed by atoms with van der Waals surface area (Å²) in [4.78, 5) is 15.9. The molecule has 1 amide bonds. The Bertz CT molecular complexity index is 682. The van der Waals surface area contributed by atoms with E-state index in [1.165, 1.54) is 0 Å². The number of aromatic nitrogens is 2. The largest absolute Gasteiger partial charge is 0.493 e. The highest BCUT2D eigenvalue weighted by Gasteiger charge is 2.12. The fourth-order valence-electron chi connectivity index (χ4n) is 2.20. The topological polar surface area (TPSA) is 86.5 Å². The van der Waals surface area contributed by atoms with Gasteiger partial charge in [0.1, 0.15) is 0 Å². The van der Waals surface area contributed by atoms with Gasteiger partial charge in [-0.25, -0.2) is 0 Å². The van der Waals surface area contributed by atoms with E-state index in [4.69, 9.17) is 14.0 Å². The molecule has 0 unspecified atom stereocenters. The van der Waals surface area contributed by atoms with Gasteiger partial charge in [-0.2, -0.15) is 4.98 Å². The summed E-state index contributed by atoms with van der Waals surface area (Å²) in [5, 5.41) is 6.81. The number of hydrogen-bond acceptors (Lipinski definition) is 6. The van der Waals surface area contributed by atoms with E-state index in [0.717, 1.165) is 5.56 Å². The first-order valence-corrected chi connectivity index (χ1v) is 7.85. The molecule has 0 radical (unpaired) electrons. The molecule has 0 atom stereocenters. The first kappa shape index (κ1) is 17.8. The van der Waals surface area contributed by atoms with Gasteiger partial charge in [0.2, 0.25) is 17.6 Å². The molecular formula is C17H23N3O4. The van der Waals surface area contributed by atoms with Gasteiger partial charge in [0.25, 0.3) is 0 Å². The summed E-state index contributed by atoms with van der Waals surface area (Å²) in [6.07, 6.45) is 1.00. The Kier molecular flexibility index (Phi) is 6.17. The normalized spacial score (nSPS) is 10.7. The van der Waals surface area contributed by atoms with Crippen LogP contribution in [0.25, 0.3) is 11.4 Å². The summed E-state index contributed by atoms with van der Waals surface area (Å²) in [7, 11) is 3.15. The van der Waals surface area contributed by atoms with Crippen molar-refractivity contribution in [1.29, 1.82) is 0 Å². The Labute approximate surface area is 141 Å². The van der Waals surface area contributed by atoms with E-state index in [1.54, 1.807) is 26.4 Å². The van der Waals surface area contributed by atoms with Crippen LogP contribution in [-0.2, 0) is 11.2 Å². The van der Waals surface area contributed by atoms with Crippen LogP contribution in [-0.4, -0.2) is 36.8 Å². The number of ether oxygens (including phenoxy) is 2. The molecule has 2 aromatic rings. The third-order valence-electron chi connectivity index (χ3n) is 3.36. The second kappa shape index (κ2) is 8.33. The Hall–Kier alpha value is -2.57. The molecule has 0 fully saturated rings. The van der Waals surface area contributed by atoms with Gasteiger partial charge >= 0.3 is 0 Å². The van der Waals surface area contributed by atoms with Crippen LogP contribution < -0.4 is 14.8 Å². The van der Waals surface area contributed by atoms with Gasteiger partial charge in [0.15, 0.2) is 11.5 Å². The minimum absolute atomic E-state index is 0.0321. The monoisotopic (exact) mass is 333 g/mol. The third kappa shape index (κ3) is 4.71. The van der Waals surface area contributed by atoms with Crippen LogP contribution in [0.5, 0.6) is 11.5 Å². The molecule has 1 N–H and O–H groups in total. The number of rotatable bonds is 8. The molecule has 130 valence electrons. The average Bonchev–Trinajstić information content (AvgIpc) is 3.02. The van der Waals surface area contributed by atoms with Crippen molar-refractivity contribution in [3.63, 3.8) is 0 Å². The summed E-state index contributed by atoms with van der Waals surface area (Å²) in [5.41, 5.74) is 0.770. The van der Waals surface area contributed by atoms with Crippen molar-refractivity contribution in [3.05, 3.63) is 24.1 Å². The zero-order valence-corrected chi connectivity index (χ0v) is 14.5. The van der Waals surface area contributed by atoms with E-state index < -0.39 is 0 Å². The molecule has 1 heterocycles. The zero-order valence-electron chi connectivity index (χ0n) is 14.5. The second-order valence-electron chi connectivity index (χ2n) is 5.78. The Morgan fingerprint density at radius 3 is 2.67 bits per heavy atom. The summed E-state index contributed by atoms with van der Waals surface area (Å²) in [6, 6.07) is 5.41. The summed E-state index contributed by atoms with van der Waals surface area (Å²) in [5.74, 6) is 2.55. The number of methoxy groups -OCH3 is 2. The van der Waals surface area contributed by atoms with E-state index in [-0.39, 0.29) is 5.91 Å². The van der Waals surface area contributed by atoms with Gasteiger partial charge in [-0.15, -0.1) is 0 Å². The van der Waals surface area contributed by atoms with Gasteiger partial charge in [-0.05, 0) is 24.1 Å². The van der Waals surface area contributed by atoms with Crippen molar-refractivity contribution in [2.45, 2.75) is 26.7 Å². The van der Waals surface area contributed by atoms with Gasteiger partial charge < -0.3 is 19.3 Å². The number of carbonyl (C=O) groups is 1. The number of amides is 1. The van der Waals surface area contributed by atoms with Crippen LogP contribution in [0.3, 0.4) is 0 Å². The number of nitrogens with one attached hydrogen (secondary N) is 1. The Morgan fingerprint density at radius 2 is 2.00 bits per heavy atom. The standard InChI is InChI=1S/C17H23N3O4/c1-11(2)9-15(21)18-8-7-16-19-17(20-24-16)12-5-6-13(22-3)14(10-12)23-4/h5-6,10-11H,7-9H2,1-4H3,(H,18,21). The van der Waals surface area contributed by atoms with Crippen molar-refractivity contribution in [2.24, 2.45) is 5.92 Å². The number of benzene rings is 1. The maximum absolute atomic E-state index is 11.6. The first-order valence-electron chi connectivity index (χ1n) is 7.85. The van der Waals surface area contributed by atoms with Crippen molar-refractivity contribution in [3.8, 4) is 22.9 Å². The van der Waals surface area contributed by atoms with Gasteiger partial charge in [-0.3, -0.25) is 4.79 Å². The average molecular weight is 333 g/mol. The molecule has 0 saturated heterocycles. The molecule has 2 rings (SSSR count). The Balaban J connectivity index is 1.97. The van der Waals surface area contributed by atoms with Crippen molar-refractivity contribution >= 4 is 5.91 Å². The van der Waals surface area contributed by atoms with E-state index in [0.29, 0.717) is 48.5 Å². The molecule has 0 saturated carbocycles. The predicted octanol–water partition coefficient (Wildman–Crippen LogP) is 2.46. The molecule has 1 aromatic carbocycles. The van der Waals surface area contributed by atoms with E-state index in [1.807, 2.05) is 19.9 Å². The lowest BCUT2D eigenvalue weighted by molar-refractivity contribution is -0.121. The fraction of sp³-hybridized carbons (Fsp3) is 0.471. The highest BCUT2D eigenvalue weighted by molar-refractivity contribution is 5.76. The molecule has 0 bridgehead atoms. The predicted molar refractivity (Wildman–Crippen MR) is 89.0 cm³/mol. The van der Waals surface area contributed by atoms with Crippen molar-refractivity contribution < 1.29 is 18.8 Å². The van der Waals surface area contributed by atoms with E-state index in [9.17, 15) is 4.79 Å². The van der Waals surface area contributed by atoms with Crippen LogP contribution in [0.15, 0.2) is 22.7 Å². The molecule has 7 nitrogen and oxygen atoms in total. The highest BCUT2D eigenvalue weighted by Crippen LogP contribution is 2.31. The SMILES string of the molecule is COc1ccc(-c2noc(CCNC(=O)CC(C)C)n2)cc1OC. The lowest BCUT2D eigenvalue weighted by Crippen LogP contribution is -2.26. The summed E-state index contributed by atoms with van der Waals surface area (Å²) in [6.45, 7) is 4.49. The van der Waals surface area contributed by atoms with Crippen molar-refractivity contribution in [2.75, 3.05) is 20.8 Å². The Morgan fingerprint density at radius 1 is 1.25 bits per heavy atom. The molecule has 0 aliphatic rings. The molecular weight excluding hydrogens is 310 g/mol. The minimum atomic E-state index is 0.0321.